The second kappa shape index (κ2) is 9.42. The van der Waals surface area contributed by atoms with E-state index in [1.165, 1.54) is 0 Å². The summed E-state index contributed by atoms with van der Waals surface area (Å²) in [5.74, 6) is -0.311. The molecule has 2 nitrogen and oxygen atoms in total. The number of alkyl halides is 1. The highest BCUT2D eigenvalue weighted by Crippen LogP contribution is 2.24. The van der Waals surface area contributed by atoms with Gasteiger partial charge in [-0.2, -0.15) is 0 Å². The highest BCUT2D eigenvalue weighted by Gasteiger charge is 2.21. The molecule has 2 aromatic carbocycles. The molecule has 0 saturated heterocycles. The number of unbranched alkanes of at least 4 members (excludes halogenated alkanes) is 1. The maximum absolute atomic E-state index is 12.5. The number of halogens is 1. The van der Waals surface area contributed by atoms with Crippen molar-refractivity contribution in [2.45, 2.75) is 31.8 Å². The number of rotatable bonds is 8. The minimum Gasteiger partial charge on any atom is -0.460 e. The molecule has 0 aliphatic heterocycles. The summed E-state index contributed by atoms with van der Waals surface area (Å²) in [7, 11) is 0. The average molecular weight is 361 g/mol. The summed E-state index contributed by atoms with van der Waals surface area (Å²) in [4.78, 5) is 12.5. The van der Waals surface area contributed by atoms with Gasteiger partial charge in [-0.15, -0.1) is 0 Å². The Morgan fingerprint density at radius 2 is 1.59 bits per heavy atom. The van der Waals surface area contributed by atoms with E-state index >= 15 is 0 Å². The van der Waals surface area contributed by atoms with Crippen LogP contribution in [0.15, 0.2) is 60.7 Å². The Balaban J connectivity index is 1.99. The maximum atomic E-state index is 12.5. The molecule has 2 rings (SSSR count). The van der Waals surface area contributed by atoms with Gasteiger partial charge in [0.1, 0.15) is 6.61 Å². The molecule has 22 heavy (non-hydrogen) atoms. The van der Waals surface area contributed by atoms with Gasteiger partial charge in [-0.3, -0.25) is 4.79 Å². The van der Waals surface area contributed by atoms with Crippen LogP contribution in [0.4, 0.5) is 0 Å². The Hall–Kier alpha value is -1.61. The van der Waals surface area contributed by atoms with E-state index in [1.807, 2.05) is 60.7 Å². The van der Waals surface area contributed by atoms with Crippen molar-refractivity contribution in [1.82, 2.24) is 0 Å². The highest BCUT2D eigenvalue weighted by atomic mass is 79.9. The van der Waals surface area contributed by atoms with Gasteiger partial charge < -0.3 is 4.74 Å². The number of carbonyl (C=O) groups is 1. The Morgan fingerprint density at radius 3 is 2.23 bits per heavy atom. The van der Waals surface area contributed by atoms with Crippen LogP contribution in [0.5, 0.6) is 0 Å². The van der Waals surface area contributed by atoms with Crippen LogP contribution in [0.2, 0.25) is 0 Å². The molecule has 0 aliphatic rings. The fraction of sp³-hybridized carbons (Fsp3) is 0.316. The van der Waals surface area contributed by atoms with E-state index in [0.29, 0.717) is 6.61 Å². The van der Waals surface area contributed by atoms with Gasteiger partial charge in [-0.25, -0.2) is 0 Å². The molecule has 0 unspecified atom stereocenters. The molecule has 0 saturated carbocycles. The molecule has 3 heteroatoms. The van der Waals surface area contributed by atoms with Gasteiger partial charge in [0.05, 0.1) is 5.92 Å². The van der Waals surface area contributed by atoms with Crippen molar-refractivity contribution in [1.29, 1.82) is 0 Å². The fourth-order valence-electron chi connectivity index (χ4n) is 2.38. The fourth-order valence-corrected chi connectivity index (χ4v) is 2.77. The zero-order chi connectivity index (χ0) is 15.6. The van der Waals surface area contributed by atoms with E-state index in [-0.39, 0.29) is 11.9 Å². The Morgan fingerprint density at radius 1 is 0.955 bits per heavy atom. The van der Waals surface area contributed by atoms with E-state index in [1.54, 1.807) is 0 Å². The molecule has 0 N–H and O–H groups in total. The molecule has 0 amide bonds. The van der Waals surface area contributed by atoms with Gasteiger partial charge in [0.2, 0.25) is 0 Å². The van der Waals surface area contributed by atoms with Gasteiger partial charge >= 0.3 is 5.97 Å². The third-order valence-corrected chi connectivity index (χ3v) is 4.15. The maximum Gasteiger partial charge on any atom is 0.313 e. The molecule has 0 heterocycles. The van der Waals surface area contributed by atoms with E-state index in [2.05, 4.69) is 15.9 Å². The van der Waals surface area contributed by atoms with Crippen molar-refractivity contribution < 1.29 is 9.53 Å². The predicted octanol–water partition coefficient (Wildman–Crippen LogP) is 5.08. The van der Waals surface area contributed by atoms with Crippen molar-refractivity contribution >= 4 is 21.9 Å². The van der Waals surface area contributed by atoms with Gasteiger partial charge in [0, 0.05) is 5.33 Å². The summed E-state index contributed by atoms with van der Waals surface area (Å²) >= 11 is 3.44. The Kier molecular flexibility index (Phi) is 7.17. The summed E-state index contributed by atoms with van der Waals surface area (Å²) in [6, 6.07) is 19.7. The standard InChI is InChI=1S/C19H21BrO2/c20-14-8-7-13-18(17-11-5-2-6-12-17)19(21)22-15-16-9-3-1-4-10-16/h1-6,9-12,18H,7-8,13-15H2/t18-/m0/s1. The lowest BCUT2D eigenvalue weighted by Gasteiger charge is -2.16. The van der Waals surface area contributed by atoms with E-state index in [4.69, 9.17) is 4.74 Å². The topological polar surface area (TPSA) is 26.3 Å². The van der Waals surface area contributed by atoms with Gasteiger partial charge in [-0.05, 0) is 24.0 Å². The quantitative estimate of drug-likeness (QED) is 0.372. The minimum atomic E-state index is -0.177. The van der Waals surface area contributed by atoms with Gasteiger partial charge in [0.25, 0.3) is 0 Å². The molecule has 0 bridgehead atoms. The second-order valence-corrected chi connectivity index (χ2v) is 6.03. The van der Waals surface area contributed by atoms with Crippen LogP contribution in [0, 0.1) is 0 Å². The third kappa shape index (κ3) is 5.30. The van der Waals surface area contributed by atoms with Crippen molar-refractivity contribution in [3.63, 3.8) is 0 Å². The van der Waals surface area contributed by atoms with Crippen molar-refractivity contribution in [2.24, 2.45) is 0 Å². The van der Waals surface area contributed by atoms with Crippen LogP contribution in [0.3, 0.4) is 0 Å². The van der Waals surface area contributed by atoms with Crippen molar-refractivity contribution in [3.05, 3.63) is 71.8 Å². The zero-order valence-corrected chi connectivity index (χ0v) is 14.2. The normalized spacial score (nSPS) is 11.9. The van der Waals surface area contributed by atoms with Crippen LogP contribution in [-0.2, 0) is 16.1 Å². The summed E-state index contributed by atoms with van der Waals surface area (Å²) < 4.78 is 5.52. The lowest BCUT2D eigenvalue weighted by atomic mass is 9.94. The molecule has 0 fully saturated rings. The largest absolute Gasteiger partial charge is 0.460 e. The molecular formula is C19H21BrO2. The first-order valence-corrected chi connectivity index (χ1v) is 8.75. The van der Waals surface area contributed by atoms with Crippen LogP contribution in [0.1, 0.15) is 36.3 Å². The van der Waals surface area contributed by atoms with Crippen LogP contribution >= 0.6 is 15.9 Å². The minimum absolute atomic E-state index is 0.135. The van der Waals surface area contributed by atoms with E-state index in [0.717, 1.165) is 35.7 Å². The van der Waals surface area contributed by atoms with Crippen molar-refractivity contribution in [3.8, 4) is 0 Å². The first-order chi connectivity index (χ1) is 10.8. The molecular weight excluding hydrogens is 340 g/mol. The molecule has 0 spiro atoms. The predicted molar refractivity (Wildman–Crippen MR) is 93.1 cm³/mol. The summed E-state index contributed by atoms with van der Waals surface area (Å²) in [6.07, 6.45) is 2.89. The number of ether oxygens (including phenoxy) is 1. The van der Waals surface area contributed by atoms with Crippen LogP contribution in [0.25, 0.3) is 0 Å². The SMILES string of the molecule is O=C(OCc1ccccc1)[C@@H](CCCCBr)c1ccccc1. The Labute approximate surface area is 140 Å². The first-order valence-electron chi connectivity index (χ1n) is 7.62. The molecule has 0 aliphatic carbocycles. The van der Waals surface area contributed by atoms with Gasteiger partial charge in [-0.1, -0.05) is 83.0 Å². The van der Waals surface area contributed by atoms with Crippen LogP contribution in [-0.4, -0.2) is 11.3 Å². The average Bonchev–Trinajstić information content (AvgIpc) is 2.58. The number of hydrogen-bond acceptors (Lipinski definition) is 2. The number of hydrogen-bond donors (Lipinski definition) is 0. The number of esters is 1. The van der Waals surface area contributed by atoms with E-state index < -0.39 is 0 Å². The lowest BCUT2D eigenvalue weighted by Crippen LogP contribution is -2.16. The Bertz CT molecular complexity index is 554. The molecule has 2 aromatic rings. The monoisotopic (exact) mass is 360 g/mol. The number of carbonyl (C=O) groups excluding carboxylic acids is 1. The summed E-state index contributed by atoms with van der Waals surface area (Å²) in [6.45, 7) is 0.335. The highest BCUT2D eigenvalue weighted by molar-refractivity contribution is 9.09. The molecule has 1 atom stereocenters. The molecule has 0 aromatic heterocycles. The second-order valence-electron chi connectivity index (χ2n) is 5.24. The smallest absolute Gasteiger partial charge is 0.313 e. The summed E-state index contributed by atoms with van der Waals surface area (Å²) in [5, 5.41) is 0.966. The molecule has 116 valence electrons. The third-order valence-electron chi connectivity index (χ3n) is 3.59. The van der Waals surface area contributed by atoms with Crippen LogP contribution < -0.4 is 0 Å². The molecule has 0 radical (unpaired) electrons. The zero-order valence-electron chi connectivity index (χ0n) is 12.6. The summed E-state index contributed by atoms with van der Waals surface area (Å²) in [5.41, 5.74) is 2.05. The lowest BCUT2D eigenvalue weighted by molar-refractivity contribution is -0.147. The van der Waals surface area contributed by atoms with Crippen molar-refractivity contribution in [2.75, 3.05) is 5.33 Å². The van der Waals surface area contributed by atoms with Gasteiger partial charge in [0.15, 0.2) is 0 Å². The first kappa shape index (κ1) is 16.8. The van der Waals surface area contributed by atoms with E-state index in [9.17, 15) is 4.79 Å². The number of benzene rings is 2.